The summed E-state index contributed by atoms with van der Waals surface area (Å²) < 4.78 is 0. The van der Waals surface area contributed by atoms with Gasteiger partial charge in [0.1, 0.15) is 0 Å². The third-order valence-electron chi connectivity index (χ3n) is 10.2. The van der Waals surface area contributed by atoms with Crippen LogP contribution in [0.25, 0.3) is 22.8 Å². The third kappa shape index (κ3) is 2.99. The Morgan fingerprint density at radius 2 is 1.64 bits per heavy atom. The van der Waals surface area contributed by atoms with Crippen molar-refractivity contribution in [3.63, 3.8) is 0 Å². The van der Waals surface area contributed by atoms with Crippen LogP contribution in [-0.4, -0.2) is 6.71 Å². The molecular formula is C40H28BN. The fraction of sp³-hybridized carbons (Fsp3) is 0.100. The highest BCUT2D eigenvalue weighted by atomic mass is 15.2. The molecule has 0 spiro atoms. The second kappa shape index (κ2) is 8.36. The Balaban J connectivity index is 1.22. The monoisotopic (exact) mass is 533 g/mol. The predicted octanol–water partition coefficient (Wildman–Crippen LogP) is 8.19. The summed E-state index contributed by atoms with van der Waals surface area (Å²) in [5.41, 5.74) is 21.2. The van der Waals surface area contributed by atoms with E-state index < -0.39 is 0 Å². The molecule has 2 aliphatic heterocycles. The van der Waals surface area contributed by atoms with E-state index >= 15 is 0 Å². The summed E-state index contributed by atoms with van der Waals surface area (Å²) in [7, 11) is 0. The lowest BCUT2D eigenvalue weighted by Crippen LogP contribution is -2.50. The summed E-state index contributed by atoms with van der Waals surface area (Å²) >= 11 is 0. The van der Waals surface area contributed by atoms with Gasteiger partial charge in [-0.2, -0.15) is 0 Å². The summed E-state index contributed by atoms with van der Waals surface area (Å²) in [6.45, 7) is 0.278. The molecule has 1 atom stereocenters. The van der Waals surface area contributed by atoms with Gasteiger partial charge in [-0.1, -0.05) is 115 Å². The van der Waals surface area contributed by atoms with Crippen molar-refractivity contribution < 1.29 is 0 Å². The zero-order valence-electron chi connectivity index (χ0n) is 23.3. The van der Waals surface area contributed by atoms with Crippen molar-refractivity contribution in [1.82, 2.24) is 0 Å². The van der Waals surface area contributed by atoms with E-state index in [9.17, 15) is 0 Å². The molecule has 1 nitrogen and oxygen atoms in total. The van der Waals surface area contributed by atoms with Crippen LogP contribution in [0.2, 0.25) is 0 Å². The van der Waals surface area contributed by atoms with Crippen LogP contribution < -0.4 is 15.8 Å². The minimum atomic E-state index is 0.278. The number of fused-ring (bicyclic) bond motifs is 5. The first-order valence-corrected chi connectivity index (χ1v) is 15.3. The molecule has 0 aromatic heterocycles. The number of nitrogens with zero attached hydrogens (tertiary/aromatic N) is 1. The lowest BCUT2D eigenvalue weighted by molar-refractivity contribution is 0.891. The Kier molecular flexibility index (Phi) is 4.55. The van der Waals surface area contributed by atoms with Crippen LogP contribution in [0.4, 0.5) is 11.4 Å². The molecule has 0 bridgehead atoms. The molecule has 0 fully saturated rings. The van der Waals surface area contributed by atoms with E-state index in [4.69, 9.17) is 0 Å². The topological polar surface area (TPSA) is 3.24 Å². The molecule has 4 aromatic rings. The van der Waals surface area contributed by atoms with Crippen LogP contribution in [0.3, 0.4) is 0 Å². The molecule has 0 saturated heterocycles. The van der Waals surface area contributed by atoms with Crippen LogP contribution in [0.15, 0.2) is 144 Å². The normalized spacial score (nSPS) is 19.9. The molecule has 4 aliphatic carbocycles. The first kappa shape index (κ1) is 22.8. The number of anilines is 2. The van der Waals surface area contributed by atoms with Crippen molar-refractivity contribution in [2.24, 2.45) is 0 Å². The van der Waals surface area contributed by atoms with E-state index in [1.165, 1.54) is 78.0 Å². The Hall–Kier alpha value is -4.82. The molecule has 0 radical (unpaired) electrons. The van der Waals surface area contributed by atoms with Gasteiger partial charge in [-0.15, -0.1) is 0 Å². The smallest absolute Gasteiger partial charge is 0.247 e. The Morgan fingerprint density at radius 3 is 2.60 bits per heavy atom. The van der Waals surface area contributed by atoms with Gasteiger partial charge in [0, 0.05) is 23.0 Å². The van der Waals surface area contributed by atoms with Gasteiger partial charge in [-0.3, -0.25) is 0 Å². The summed E-state index contributed by atoms with van der Waals surface area (Å²) in [6.07, 6.45) is 19.6. The van der Waals surface area contributed by atoms with E-state index in [1.807, 2.05) is 0 Å². The molecule has 0 amide bonds. The van der Waals surface area contributed by atoms with E-state index in [2.05, 4.69) is 132 Å². The molecular weight excluding hydrogens is 505 g/mol. The second-order valence-electron chi connectivity index (χ2n) is 12.3. The lowest BCUT2D eigenvalue weighted by Gasteiger charge is -2.41. The third-order valence-corrected chi connectivity index (χ3v) is 10.2. The van der Waals surface area contributed by atoms with Crippen LogP contribution in [0.5, 0.6) is 0 Å². The van der Waals surface area contributed by atoms with Crippen molar-refractivity contribution in [2.75, 3.05) is 4.90 Å². The maximum absolute atomic E-state index is 2.59. The number of rotatable bonds is 2. The van der Waals surface area contributed by atoms with Gasteiger partial charge in [0.05, 0.1) is 0 Å². The van der Waals surface area contributed by atoms with Gasteiger partial charge in [-0.05, 0) is 98.5 Å². The summed E-state index contributed by atoms with van der Waals surface area (Å²) in [5, 5.41) is 0. The average molecular weight is 533 g/mol. The van der Waals surface area contributed by atoms with Crippen LogP contribution in [-0.2, 0) is 6.42 Å². The zero-order chi connectivity index (χ0) is 27.4. The minimum absolute atomic E-state index is 0.278. The fourth-order valence-electron chi connectivity index (χ4n) is 8.52. The molecule has 42 heavy (non-hydrogen) atoms. The van der Waals surface area contributed by atoms with Gasteiger partial charge >= 0.3 is 0 Å². The SMILES string of the molecule is C1=CC2=CCc3cc(N4C5=CCCC6=C5B(c5ccccc56)c5cc(-c6ccccc6)ccc54)cc4c3C2C(=C1)C=C4. The molecule has 196 valence electrons. The first-order chi connectivity index (χ1) is 20.8. The van der Waals surface area contributed by atoms with Crippen molar-refractivity contribution in [1.29, 1.82) is 0 Å². The van der Waals surface area contributed by atoms with Crippen molar-refractivity contribution >= 4 is 40.7 Å². The van der Waals surface area contributed by atoms with Gasteiger partial charge in [-0.25, -0.2) is 0 Å². The Labute approximate surface area is 247 Å². The number of allylic oxidation sites excluding steroid dienone is 10. The van der Waals surface area contributed by atoms with Gasteiger partial charge < -0.3 is 4.90 Å². The number of hydrogen-bond donors (Lipinski definition) is 0. The molecule has 6 aliphatic rings. The van der Waals surface area contributed by atoms with Crippen molar-refractivity contribution in [2.45, 2.75) is 25.2 Å². The van der Waals surface area contributed by atoms with E-state index in [-0.39, 0.29) is 6.71 Å². The standard InChI is InChI=1S/C40H28BN/c1-2-8-25(9-3-1)28-20-21-36-35(24-28)41-34-14-5-4-12-32(34)33-13-7-15-37(40(33)41)42(36)31-22-29-18-16-26-10-6-11-27-17-19-30(23-31)39(29)38(26)27/h1-6,8-12,14-18,20-24,38H,7,13,19H2. The van der Waals surface area contributed by atoms with E-state index in [0.717, 1.165) is 19.3 Å². The largest absolute Gasteiger partial charge is 0.312 e. The van der Waals surface area contributed by atoms with Crippen LogP contribution in [0.1, 0.15) is 41.0 Å². The predicted molar refractivity (Wildman–Crippen MR) is 177 cm³/mol. The molecule has 0 N–H and O–H groups in total. The Bertz CT molecular complexity index is 2070. The molecule has 2 heterocycles. The highest BCUT2D eigenvalue weighted by molar-refractivity contribution is 6.96. The highest BCUT2D eigenvalue weighted by Gasteiger charge is 2.45. The molecule has 0 saturated carbocycles. The summed E-state index contributed by atoms with van der Waals surface area (Å²) in [6, 6.07) is 32.1. The maximum atomic E-state index is 2.59. The van der Waals surface area contributed by atoms with E-state index in [0.29, 0.717) is 5.92 Å². The molecule has 10 rings (SSSR count). The van der Waals surface area contributed by atoms with Gasteiger partial charge in [0.2, 0.25) is 6.71 Å². The van der Waals surface area contributed by atoms with Crippen molar-refractivity contribution in [3.8, 4) is 11.1 Å². The Morgan fingerprint density at radius 1 is 0.738 bits per heavy atom. The minimum Gasteiger partial charge on any atom is -0.312 e. The van der Waals surface area contributed by atoms with Crippen molar-refractivity contribution in [3.05, 3.63) is 166 Å². The average Bonchev–Trinajstić information content (AvgIpc) is 3.40. The quantitative estimate of drug-likeness (QED) is 0.235. The molecule has 2 heteroatoms. The molecule has 4 aromatic carbocycles. The zero-order valence-corrected chi connectivity index (χ0v) is 23.3. The summed E-state index contributed by atoms with van der Waals surface area (Å²) in [5.74, 6) is 0.381. The highest BCUT2D eigenvalue weighted by Crippen LogP contribution is 2.51. The first-order valence-electron chi connectivity index (χ1n) is 15.3. The fourth-order valence-corrected chi connectivity index (χ4v) is 8.52. The van der Waals surface area contributed by atoms with Crippen LogP contribution >= 0.6 is 0 Å². The molecule has 1 unspecified atom stereocenters. The maximum Gasteiger partial charge on any atom is 0.247 e. The van der Waals surface area contributed by atoms with Gasteiger partial charge in [0.25, 0.3) is 0 Å². The van der Waals surface area contributed by atoms with E-state index in [1.54, 1.807) is 5.57 Å². The summed E-state index contributed by atoms with van der Waals surface area (Å²) in [4.78, 5) is 2.59. The van der Waals surface area contributed by atoms with Crippen LogP contribution in [0, 0.1) is 0 Å². The lowest BCUT2D eigenvalue weighted by atomic mass is 9.35. The number of hydrogen-bond acceptors (Lipinski definition) is 1. The second-order valence-corrected chi connectivity index (χ2v) is 12.3. The van der Waals surface area contributed by atoms with Gasteiger partial charge in [0.15, 0.2) is 0 Å². The number of benzene rings is 4.